The van der Waals surface area contributed by atoms with Crippen molar-refractivity contribution in [1.82, 2.24) is 4.90 Å². The van der Waals surface area contributed by atoms with E-state index in [4.69, 9.17) is 14.5 Å². The van der Waals surface area contributed by atoms with Crippen molar-refractivity contribution in [2.24, 2.45) is 9.98 Å². The molecule has 2 atom stereocenters. The van der Waals surface area contributed by atoms with Crippen molar-refractivity contribution in [3.05, 3.63) is 96.1 Å². The summed E-state index contributed by atoms with van der Waals surface area (Å²) < 4.78 is 10.9. The molecule has 0 aromatic heterocycles. The lowest BCUT2D eigenvalue weighted by Gasteiger charge is -2.32. The number of nitrogens with zero attached hydrogens (tertiary/aromatic N) is 3. The lowest BCUT2D eigenvalue weighted by Crippen LogP contribution is -2.43. The van der Waals surface area contributed by atoms with Gasteiger partial charge in [-0.1, -0.05) is 48.5 Å². The number of methoxy groups -OCH3 is 1. The number of esters is 1. The van der Waals surface area contributed by atoms with E-state index in [1.54, 1.807) is 7.11 Å². The minimum Gasteiger partial charge on any atom is -0.497 e. The van der Waals surface area contributed by atoms with Gasteiger partial charge in [-0.05, 0) is 42.0 Å². The molecule has 0 bridgehead atoms. The molecule has 0 saturated carbocycles. The zero-order valence-electron chi connectivity index (χ0n) is 18.2. The number of hydrogen-bond acceptors (Lipinski definition) is 7. The van der Waals surface area contributed by atoms with Crippen molar-refractivity contribution in [3.8, 4) is 5.75 Å². The van der Waals surface area contributed by atoms with Crippen LogP contribution in [0.1, 0.15) is 17.2 Å². The number of nitrogens with one attached hydrogen (secondary N) is 1. The molecule has 0 radical (unpaired) electrons. The van der Waals surface area contributed by atoms with Crippen LogP contribution in [0.2, 0.25) is 0 Å². The van der Waals surface area contributed by atoms with Crippen LogP contribution in [0, 0.1) is 0 Å². The number of carbonyl (C=O) groups is 1. The van der Waals surface area contributed by atoms with Gasteiger partial charge in [-0.2, -0.15) is 0 Å². The first-order valence-corrected chi connectivity index (χ1v) is 10.8. The lowest BCUT2D eigenvalue weighted by molar-refractivity contribution is -0.136. The van der Waals surface area contributed by atoms with Crippen LogP contribution in [0.5, 0.6) is 5.75 Å². The van der Waals surface area contributed by atoms with E-state index in [0.29, 0.717) is 24.9 Å². The summed E-state index contributed by atoms with van der Waals surface area (Å²) in [4.78, 5) is 24.5. The number of benzene rings is 3. The summed E-state index contributed by atoms with van der Waals surface area (Å²) in [5.41, 5.74) is 2.64. The molecule has 33 heavy (non-hydrogen) atoms. The summed E-state index contributed by atoms with van der Waals surface area (Å²) in [7, 11) is 1.64. The zero-order chi connectivity index (χ0) is 22.6. The molecule has 1 N–H and O–H groups in total. The standard InChI is InChI=1S/C26H24N4O3/c1-32-21-14-12-20(13-15-21)28-26-27-16-17-30(26)23(18-8-4-2-5-9-18)22-25(31)33-24(29-22)19-10-6-3-7-11-19/h2-15,22-23H,16-17H2,1H3,(H,27,28)/t22-,23+/m1/s1. The number of ether oxygens (including phenoxy) is 2. The van der Waals surface area contributed by atoms with Crippen molar-refractivity contribution in [2.45, 2.75) is 12.1 Å². The van der Waals surface area contributed by atoms with Crippen LogP contribution in [0.15, 0.2) is 94.9 Å². The maximum atomic E-state index is 13.0. The van der Waals surface area contributed by atoms with Gasteiger partial charge in [-0.25, -0.2) is 9.79 Å². The van der Waals surface area contributed by atoms with Crippen LogP contribution in [0.4, 0.5) is 5.69 Å². The number of cyclic esters (lactones) is 1. The molecule has 0 fully saturated rings. The highest BCUT2D eigenvalue weighted by Gasteiger charge is 2.42. The van der Waals surface area contributed by atoms with E-state index in [9.17, 15) is 4.79 Å². The van der Waals surface area contributed by atoms with Gasteiger partial charge in [0.05, 0.1) is 19.7 Å². The Morgan fingerprint density at radius 3 is 2.39 bits per heavy atom. The SMILES string of the molecule is COc1ccc(NC2=NCCN2[C@@H](c2ccccc2)[C@H]2N=C(c3ccccc3)OC2=O)cc1. The van der Waals surface area contributed by atoms with E-state index >= 15 is 0 Å². The first-order chi connectivity index (χ1) is 16.2. The van der Waals surface area contributed by atoms with Crippen molar-refractivity contribution in [3.63, 3.8) is 0 Å². The Morgan fingerprint density at radius 2 is 1.70 bits per heavy atom. The summed E-state index contributed by atoms with van der Waals surface area (Å²) in [6.45, 7) is 1.29. The second-order valence-corrected chi connectivity index (χ2v) is 7.77. The molecule has 5 rings (SSSR count). The maximum absolute atomic E-state index is 13.0. The van der Waals surface area contributed by atoms with E-state index in [1.807, 2.05) is 84.9 Å². The monoisotopic (exact) mass is 440 g/mol. The minimum atomic E-state index is -0.705. The number of anilines is 1. The molecule has 0 amide bonds. The molecule has 2 aliphatic rings. The van der Waals surface area contributed by atoms with Gasteiger partial charge in [-0.3, -0.25) is 4.99 Å². The number of carbonyl (C=O) groups excluding carboxylic acids is 1. The van der Waals surface area contributed by atoms with Gasteiger partial charge in [-0.15, -0.1) is 0 Å². The van der Waals surface area contributed by atoms with Gasteiger partial charge in [0.1, 0.15) is 5.75 Å². The van der Waals surface area contributed by atoms with Crippen LogP contribution in [0.25, 0.3) is 0 Å². The van der Waals surface area contributed by atoms with E-state index in [1.165, 1.54) is 0 Å². The molecule has 0 saturated heterocycles. The number of rotatable bonds is 6. The first-order valence-electron chi connectivity index (χ1n) is 10.8. The zero-order valence-corrected chi connectivity index (χ0v) is 18.2. The molecule has 0 spiro atoms. The fourth-order valence-electron chi connectivity index (χ4n) is 4.10. The third-order valence-electron chi connectivity index (χ3n) is 5.71. The Bertz CT molecular complexity index is 1180. The van der Waals surface area contributed by atoms with Crippen LogP contribution in [0.3, 0.4) is 0 Å². The van der Waals surface area contributed by atoms with Crippen LogP contribution < -0.4 is 10.1 Å². The average molecular weight is 441 g/mol. The molecular weight excluding hydrogens is 416 g/mol. The van der Waals surface area contributed by atoms with Crippen molar-refractivity contribution >= 4 is 23.5 Å². The minimum absolute atomic E-state index is 0.354. The average Bonchev–Trinajstić information content (AvgIpc) is 3.48. The summed E-state index contributed by atoms with van der Waals surface area (Å²) in [5, 5.41) is 3.39. The van der Waals surface area contributed by atoms with E-state index in [-0.39, 0.29) is 12.0 Å². The highest BCUT2D eigenvalue weighted by Crippen LogP contribution is 2.33. The van der Waals surface area contributed by atoms with Gasteiger partial charge in [0.2, 0.25) is 5.90 Å². The molecule has 2 heterocycles. The Morgan fingerprint density at radius 1 is 1.00 bits per heavy atom. The fourth-order valence-corrected chi connectivity index (χ4v) is 4.10. The maximum Gasteiger partial charge on any atom is 0.340 e. The van der Waals surface area contributed by atoms with Gasteiger partial charge in [0.15, 0.2) is 12.0 Å². The molecule has 7 heteroatoms. The predicted molar refractivity (Wildman–Crippen MR) is 128 cm³/mol. The summed E-state index contributed by atoms with van der Waals surface area (Å²) in [5.74, 6) is 1.47. The highest BCUT2D eigenvalue weighted by molar-refractivity contribution is 6.06. The number of aliphatic imine (C=N–C) groups is 2. The van der Waals surface area contributed by atoms with Crippen LogP contribution >= 0.6 is 0 Å². The molecule has 7 nitrogen and oxygen atoms in total. The second-order valence-electron chi connectivity index (χ2n) is 7.77. The quantitative estimate of drug-likeness (QED) is 0.589. The second kappa shape index (κ2) is 9.16. The smallest absolute Gasteiger partial charge is 0.340 e. The van der Waals surface area contributed by atoms with E-state index < -0.39 is 6.04 Å². The Balaban J connectivity index is 1.47. The van der Waals surface area contributed by atoms with Gasteiger partial charge in [0.25, 0.3) is 0 Å². The van der Waals surface area contributed by atoms with E-state index in [0.717, 1.165) is 22.6 Å². The first kappa shape index (κ1) is 20.8. The van der Waals surface area contributed by atoms with Crippen molar-refractivity contribution in [2.75, 3.05) is 25.5 Å². The predicted octanol–water partition coefficient (Wildman–Crippen LogP) is 3.89. The van der Waals surface area contributed by atoms with Crippen molar-refractivity contribution in [1.29, 1.82) is 0 Å². The Hall–Kier alpha value is -4.13. The van der Waals surface area contributed by atoms with Gasteiger partial charge in [0, 0.05) is 17.8 Å². The van der Waals surface area contributed by atoms with E-state index in [2.05, 4.69) is 15.2 Å². The largest absolute Gasteiger partial charge is 0.497 e. The van der Waals surface area contributed by atoms with Crippen LogP contribution in [-0.4, -0.2) is 49.0 Å². The molecule has 2 aliphatic heterocycles. The lowest BCUT2D eigenvalue weighted by atomic mass is 9.98. The number of guanidine groups is 1. The normalized spacial score (nSPS) is 18.4. The summed E-state index contributed by atoms with van der Waals surface area (Å²) >= 11 is 0. The molecule has 166 valence electrons. The van der Waals surface area contributed by atoms with Gasteiger partial charge >= 0.3 is 5.97 Å². The number of hydrogen-bond donors (Lipinski definition) is 1. The summed E-state index contributed by atoms with van der Waals surface area (Å²) in [6, 6.07) is 26.0. The molecular formula is C26H24N4O3. The van der Waals surface area contributed by atoms with Crippen molar-refractivity contribution < 1.29 is 14.3 Å². The molecule has 3 aromatic carbocycles. The topological polar surface area (TPSA) is 75.5 Å². The molecule has 3 aromatic rings. The third-order valence-corrected chi connectivity index (χ3v) is 5.71. The highest BCUT2D eigenvalue weighted by atomic mass is 16.6. The van der Waals surface area contributed by atoms with Gasteiger partial charge < -0.3 is 19.7 Å². The van der Waals surface area contributed by atoms with Crippen LogP contribution in [-0.2, 0) is 9.53 Å². The molecule has 0 aliphatic carbocycles. The fraction of sp³-hybridized carbons (Fsp3) is 0.192. The Labute approximate surface area is 192 Å². The third kappa shape index (κ3) is 4.30. The molecule has 0 unspecified atom stereocenters. The Kier molecular flexibility index (Phi) is 5.76. The summed E-state index contributed by atoms with van der Waals surface area (Å²) in [6.07, 6.45) is 0.